The van der Waals surface area contributed by atoms with Gasteiger partial charge in [0.1, 0.15) is 12.6 Å². The fourth-order valence-electron chi connectivity index (χ4n) is 3.74. The molecule has 1 saturated heterocycles. The largest absolute Gasteiger partial charge is 0.462 e. The fourth-order valence-corrected chi connectivity index (χ4v) is 3.74. The van der Waals surface area contributed by atoms with Crippen molar-refractivity contribution in [1.82, 2.24) is 0 Å². The molecule has 0 spiro atoms. The normalized spacial score (nSPS) is 35.9. The van der Waals surface area contributed by atoms with E-state index in [0.717, 1.165) is 26.1 Å². The zero-order valence-electron chi connectivity index (χ0n) is 11.6. The number of hydrogen-bond acceptors (Lipinski definition) is 3. The average Bonchev–Trinajstić information content (AvgIpc) is 2.37. The molecule has 1 aliphatic carbocycles. The molecule has 104 valence electrons. The lowest BCUT2D eigenvalue weighted by Crippen LogP contribution is -3.18. The number of likely N-dealkylation sites (tertiary alicyclic amines) is 1. The lowest BCUT2D eigenvalue weighted by Gasteiger charge is -2.44. The smallest absolute Gasteiger partial charge is 0.302 e. The number of rotatable bonds is 4. The minimum absolute atomic E-state index is 0.121. The number of quaternary nitrogens is 1. The third-order valence-electron chi connectivity index (χ3n) is 4.52. The van der Waals surface area contributed by atoms with Crippen molar-refractivity contribution in [2.45, 2.75) is 51.2 Å². The molecule has 1 unspecified atom stereocenters. The molecule has 18 heavy (non-hydrogen) atoms. The minimum atomic E-state index is -0.121. The second-order valence-electron chi connectivity index (χ2n) is 5.64. The van der Waals surface area contributed by atoms with Crippen LogP contribution in [0.2, 0.25) is 0 Å². The van der Waals surface area contributed by atoms with Crippen molar-refractivity contribution in [3.8, 4) is 0 Å². The van der Waals surface area contributed by atoms with Crippen molar-refractivity contribution >= 4 is 5.97 Å². The summed E-state index contributed by atoms with van der Waals surface area (Å²) in [6, 6.07) is 0.673. The number of hydrogen-bond donors (Lipinski definition) is 1. The highest BCUT2D eigenvalue weighted by Crippen LogP contribution is 2.30. The summed E-state index contributed by atoms with van der Waals surface area (Å²) in [5, 5.41) is 0. The van der Waals surface area contributed by atoms with E-state index in [9.17, 15) is 4.79 Å². The van der Waals surface area contributed by atoms with Crippen molar-refractivity contribution in [1.29, 1.82) is 0 Å². The first-order chi connectivity index (χ1) is 8.72. The number of piperidine rings is 1. The van der Waals surface area contributed by atoms with Crippen LogP contribution >= 0.6 is 0 Å². The lowest BCUT2D eigenvalue weighted by molar-refractivity contribution is -0.937. The van der Waals surface area contributed by atoms with E-state index >= 15 is 0 Å². The first-order valence-corrected chi connectivity index (χ1v) is 7.23. The Balaban J connectivity index is 1.98. The molecule has 0 aromatic carbocycles. The molecule has 1 N–H and O–H groups in total. The Bertz CT molecular complexity index is 282. The number of nitrogens with one attached hydrogen (secondary N) is 1. The second kappa shape index (κ2) is 6.53. The zero-order valence-corrected chi connectivity index (χ0v) is 11.6. The van der Waals surface area contributed by atoms with Gasteiger partial charge in [-0.25, -0.2) is 0 Å². The van der Waals surface area contributed by atoms with Gasteiger partial charge in [-0.3, -0.25) is 4.79 Å². The van der Waals surface area contributed by atoms with E-state index in [4.69, 9.17) is 9.47 Å². The summed E-state index contributed by atoms with van der Waals surface area (Å²) in [6.45, 7) is 4.56. The van der Waals surface area contributed by atoms with Gasteiger partial charge in [-0.2, -0.15) is 0 Å². The van der Waals surface area contributed by atoms with Crippen molar-refractivity contribution in [2.75, 3.05) is 26.8 Å². The van der Waals surface area contributed by atoms with Crippen LogP contribution in [-0.2, 0) is 14.3 Å². The second-order valence-corrected chi connectivity index (χ2v) is 5.64. The summed E-state index contributed by atoms with van der Waals surface area (Å²) in [4.78, 5) is 12.8. The molecule has 0 aromatic rings. The van der Waals surface area contributed by atoms with Crippen LogP contribution in [0.5, 0.6) is 0 Å². The topological polar surface area (TPSA) is 40.0 Å². The molecule has 0 aromatic heterocycles. The van der Waals surface area contributed by atoms with E-state index in [-0.39, 0.29) is 12.1 Å². The SMILES string of the molecule is COCC[NH+]1CC[C@H](OC(C)=O)[C@H]2CCCC[C@@H]21. The molecule has 0 amide bonds. The fraction of sp³-hybridized carbons (Fsp3) is 0.929. The van der Waals surface area contributed by atoms with E-state index in [0.29, 0.717) is 12.0 Å². The Morgan fingerprint density at radius 2 is 2.06 bits per heavy atom. The number of esters is 1. The monoisotopic (exact) mass is 256 g/mol. The number of carbonyl (C=O) groups excluding carboxylic acids is 1. The molecule has 0 bridgehead atoms. The summed E-state index contributed by atoms with van der Waals surface area (Å²) in [6.07, 6.45) is 6.29. The average molecular weight is 256 g/mol. The molecule has 2 fully saturated rings. The highest BCUT2D eigenvalue weighted by atomic mass is 16.5. The van der Waals surface area contributed by atoms with Crippen LogP contribution < -0.4 is 4.90 Å². The van der Waals surface area contributed by atoms with Gasteiger partial charge in [0.05, 0.1) is 19.2 Å². The van der Waals surface area contributed by atoms with Crippen LogP contribution in [-0.4, -0.2) is 44.9 Å². The van der Waals surface area contributed by atoms with Gasteiger partial charge in [-0.1, -0.05) is 6.42 Å². The molecule has 4 heteroatoms. The van der Waals surface area contributed by atoms with Gasteiger partial charge in [0.25, 0.3) is 0 Å². The molecule has 4 nitrogen and oxygen atoms in total. The standard InChI is InChI=1S/C14H25NO3/c1-11(16)18-14-7-8-15(9-10-17-2)13-6-4-3-5-12(13)14/h12-14H,3-10H2,1-2H3/p+1/t12-,13-,14-/m0/s1. The summed E-state index contributed by atoms with van der Waals surface area (Å²) in [7, 11) is 1.77. The summed E-state index contributed by atoms with van der Waals surface area (Å²) < 4.78 is 10.7. The molecule has 1 heterocycles. The molecule has 0 radical (unpaired) electrons. The first-order valence-electron chi connectivity index (χ1n) is 7.23. The number of ether oxygens (including phenoxy) is 2. The van der Waals surface area contributed by atoms with Crippen LogP contribution in [0.3, 0.4) is 0 Å². The minimum Gasteiger partial charge on any atom is -0.462 e. The molecular weight excluding hydrogens is 230 g/mol. The molecule has 2 rings (SSSR count). The summed E-state index contributed by atoms with van der Waals surface area (Å²) in [5.41, 5.74) is 0. The van der Waals surface area contributed by atoms with E-state index < -0.39 is 0 Å². The van der Waals surface area contributed by atoms with Crippen LogP contribution in [0.1, 0.15) is 39.0 Å². The number of fused-ring (bicyclic) bond motifs is 1. The van der Waals surface area contributed by atoms with Crippen LogP contribution in [0.4, 0.5) is 0 Å². The molecule has 4 atom stereocenters. The highest BCUT2D eigenvalue weighted by molar-refractivity contribution is 5.66. The molecule has 2 aliphatic rings. The summed E-state index contributed by atoms with van der Waals surface area (Å²) in [5.74, 6) is 0.452. The maximum absolute atomic E-state index is 11.2. The Hall–Kier alpha value is -0.610. The van der Waals surface area contributed by atoms with Crippen LogP contribution in [0.15, 0.2) is 0 Å². The maximum atomic E-state index is 11.2. The van der Waals surface area contributed by atoms with Crippen LogP contribution in [0, 0.1) is 5.92 Å². The van der Waals surface area contributed by atoms with Gasteiger partial charge in [0, 0.05) is 26.4 Å². The van der Waals surface area contributed by atoms with Gasteiger partial charge >= 0.3 is 5.97 Å². The zero-order chi connectivity index (χ0) is 13.0. The van der Waals surface area contributed by atoms with E-state index in [1.54, 1.807) is 12.0 Å². The predicted octanol–water partition coefficient (Wildman–Crippen LogP) is 0.412. The van der Waals surface area contributed by atoms with Crippen LogP contribution in [0.25, 0.3) is 0 Å². The van der Waals surface area contributed by atoms with Crippen molar-refractivity contribution in [3.05, 3.63) is 0 Å². The third kappa shape index (κ3) is 3.23. The third-order valence-corrected chi connectivity index (χ3v) is 4.52. The molecule has 1 saturated carbocycles. The Kier molecular flexibility index (Phi) is 5.01. The molecule has 1 aliphatic heterocycles. The maximum Gasteiger partial charge on any atom is 0.302 e. The van der Waals surface area contributed by atoms with Gasteiger partial charge in [0.15, 0.2) is 0 Å². The predicted molar refractivity (Wildman–Crippen MR) is 68.5 cm³/mol. The Morgan fingerprint density at radius 1 is 1.28 bits per heavy atom. The quantitative estimate of drug-likeness (QED) is 0.741. The van der Waals surface area contributed by atoms with Gasteiger partial charge < -0.3 is 14.4 Å². The van der Waals surface area contributed by atoms with Crippen molar-refractivity contribution < 1.29 is 19.2 Å². The van der Waals surface area contributed by atoms with Crippen molar-refractivity contribution in [3.63, 3.8) is 0 Å². The lowest BCUT2D eigenvalue weighted by atomic mass is 9.76. The van der Waals surface area contributed by atoms with E-state index in [1.165, 1.54) is 32.6 Å². The van der Waals surface area contributed by atoms with E-state index in [1.807, 2.05) is 0 Å². The Labute approximate surface area is 110 Å². The molecular formula is C14H26NO3+. The first kappa shape index (κ1) is 13.8. The van der Waals surface area contributed by atoms with E-state index in [2.05, 4.69) is 0 Å². The summed E-state index contributed by atoms with van der Waals surface area (Å²) >= 11 is 0. The number of carbonyl (C=O) groups is 1. The van der Waals surface area contributed by atoms with Crippen molar-refractivity contribution in [2.24, 2.45) is 5.92 Å². The van der Waals surface area contributed by atoms with Gasteiger partial charge in [0.2, 0.25) is 0 Å². The number of methoxy groups -OCH3 is 1. The van der Waals surface area contributed by atoms with Gasteiger partial charge in [-0.05, 0) is 19.3 Å². The van der Waals surface area contributed by atoms with Gasteiger partial charge in [-0.15, -0.1) is 0 Å². The highest BCUT2D eigenvalue weighted by Gasteiger charge is 2.43. The Morgan fingerprint density at radius 3 is 2.78 bits per heavy atom.